The van der Waals surface area contributed by atoms with Crippen LogP contribution in [0.1, 0.15) is 16.7 Å². The lowest BCUT2D eigenvalue weighted by Gasteiger charge is -2.09. The Balaban J connectivity index is 2.29. The Labute approximate surface area is 105 Å². The lowest BCUT2D eigenvalue weighted by Crippen LogP contribution is -1.90. The van der Waals surface area contributed by atoms with E-state index in [4.69, 9.17) is 10.00 Å². The molecule has 2 aromatic rings. The maximum atomic E-state index is 13.0. The average Bonchev–Trinajstić information content (AvgIpc) is 2.33. The lowest BCUT2D eigenvalue weighted by atomic mass is 10.1. The van der Waals surface area contributed by atoms with E-state index in [9.17, 15) is 4.39 Å². The Bertz CT molecular complexity index is 629. The first kappa shape index (κ1) is 12.1. The molecule has 2 aromatic carbocycles. The zero-order valence-electron chi connectivity index (χ0n) is 10.2. The highest BCUT2D eigenvalue weighted by Gasteiger charge is 2.04. The first-order chi connectivity index (χ1) is 8.60. The summed E-state index contributed by atoms with van der Waals surface area (Å²) in [7, 11) is 0. The molecule has 0 radical (unpaired) electrons. The molecular weight excluding hydrogens is 229 g/mol. The SMILES string of the molecule is Cc1cc(Oc2ccc(F)cc2C)ccc1C#N. The van der Waals surface area contributed by atoms with E-state index >= 15 is 0 Å². The van der Waals surface area contributed by atoms with Gasteiger partial charge in [-0.2, -0.15) is 5.26 Å². The highest BCUT2D eigenvalue weighted by Crippen LogP contribution is 2.26. The van der Waals surface area contributed by atoms with E-state index in [0.29, 0.717) is 17.1 Å². The van der Waals surface area contributed by atoms with Crippen molar-refractivity contribution in [3.8, 4) is 17.6 Å². The highest BCUT2D eigenvalue weighted by atomic mass is 19.1. The van der Waals surface area contributed by atoms with Gasteiger partial charge in [-0.1, -0.05) is 0 Å². The van der Waals surface area contributed by atoms with Crippen molar-refractivity contribution in [2.75, 3.05) is 0 Å². The van der Waals surface area contributed by atoms with E-state index in [0.717, 1.165) is 11.1 Å². The smallest absolute Gasteiger partial charge is 0.130 e. The molecule has 3 heteroatoms. The molecule has 0 amide bonds. The van der Waals surface area contributed by atoms with Crippen LogP contribution in [0, 0.1) is 31.0 Å². The first-order valence-electron chi connectivity index (χ1n) is 5.55. The molecule has 0 saturated heterocycles. The molecule has 2 rings (SSSR count). The summed E-state index contributed by atoms with van der Waals surface area (Å²) in [4.78, 5) is 0. The molecule has 0 aliphatic carbocycles. The summed E-state index contributed by atoms with van der Waals surface area (Å²) in [5.74, 6) is 0.970. The van der Waals surface area contributed by atoms with Crippen molar-refractivity contribution < 1.29 is 9.13 Å². The molecule has 2 nitrogen and oxygen atoms in total. The fourth-order valence-electron chi connectivity index (χ4n) is 1.68. The Morgan fingerprint density at radius 2 is 1.83 bits per heavy atom. The van der Waals surface area contributed by atoms with Crippen molar-refractivity contribution in [1.82, 2.24) is 0 Å². The molecule has 0 unspecified atom stereocenters. The number of hydrogen-bond donors (Lipinski definition) is 0. The van der Waals surface area contributed by atoms with E-state index in [1.165, 1.54) is 12.1 Å². The molecule has 0 aliphatic heterocycles. The average molecular weight is 241 g/mol. The molecule has 0 fully saturated rings. The summed E-state index contributed by atoms with van der Waals surface area (Å²) in [6.45, 7) is 3.64. The van der Waals surface area contributed by atoms with Gasteiger partial charge in [-0.3, -0.25) is 0 Å². The van der Waals surface area contributed by atoms with E-state index in [1.807, 2.05) is 6.92 Å². The van der Waals surface area contributed by atoms with Crippen LogP contribution in [0.25, 0.3) is 0 Å². The third kappa shape index (κ3) is 2.49. The van der Waals surface area contributed by atoms with Crippen LogP contribution in [0.5, 0.6) is 11.5 Å². The number of rotatable bonds is 2. The maximum Gasteiger partial charge on any atom is 0.130 e. The summed E-state index contributed by atoms with van der Waals surface area (Å²) < 4.78 is 18.6. The second-order valence-corrected chi connectivity index (χ2v) is 4.10. The van der Waals surface area contributed by atoms with Gasteiger partial charge in [0.2, 0.25) is 0 Å². The minimum Gasteiger partial charge on any atom is -0.457 e. The molecule has 18 heavy (non-hydrogen) atoms. The van der Waals surface area contributed by atoms with Crippen LogP contribution in [0.3, 0.4) is 0 Å². The van der Waals surface area contributed by atoms with Crippen molar-refractivity contribution in [2.45, 2.75) is 13.8 Å². The second kappa shape index (κ2) is 4.89. The summed E-state index contributed by atoms with van der Waals surface area (Å²) in [6, 6.07) is 11.7. The minimum absolute atomic E-state index is 0.282. The zero-order valence-corrected chi connectivity index (χ0v) is 10.2. The molecule has 0 aromatic heterocycles. The fourth-order valence-corrected chi connectivity index (χ4v) is 1.68. The van der Waals surface area contributed by atoms with Gasteiger partial charge < -0.3 is 4.74 Å². The summed E-state index contributed by atoms with van der Waals surface area (Å²) in [5, 5.41) is 8.84. The standard InChI is InChI=1S/C15H12FNO/c1-10-8-14(5-3-12(10)9-17)18-15-6-4-13(16)7-11(15)2/h3-8H,1-2H3. The predicted octanol–water partition coefficient (Wildman–Crippen LogP) is 4.11. The molecule has 0 spiro atoms. The third-order valence-electron chi connectivity index (χ3n) is 2.68. The van der Waals surface area contributed by atoms with Gasteiger partial charge in [0.15, 0.2) is 0 Å². The van der Waals surface area contributed by atoms with E-state index in [2.05, 4.69) is 6.07 Å². The highest BCUT2D eigenvalue weighted by molar-refractivity contribution is 5.44. The van der Waals surface area contributed by atoms with Gasteiger partial charge in [-0.25, -0.2) is 4.39 Å². The van der Waals surface area contributed by atoms with Crippen LogP contribution >= 0.6 is 0 Å². The molecular formula is C15H12FNO. The van der Waals surface area contributed by atoms with E-state index < -0.39 is 0 Å². The van der Waals surface area contributed by atoms with E-state index in [-0.39, 0.29) is 5.82 Å². The van der Waals surface area contributed by atoms with Gasteiger partial charge >= 0.3 is 0 Å². The number of aryl methyl sites for hydroxylation is 2. The lowest BCUT2D eigenvalue weighted by molar-refractivity contribution is 0.476. The quantitative estimate of drug-likeness (QED) is 0.792. The van der Waals surface area contributed by atoms with Crippen LogP contribution in [0.15, 0.2) is 36.4 Å². The second-order valence-electron chi connectivity index (χ2n) is 4.10. The molecule has 0 N–H and O–H groups in total. The summed E-state index contributed by atoms with van der Waals surface area (Å²) in [6.07, 6.45) is 0. The number of ether oxygens (including phenoxy) is 1. The Hall–Kier alpha value is -2.34. The van der Waals surface area contributed by atoms with Gasteiger partial charge in [0.05, 0.1) is 11.6 Å². The van der Waals surface area contributed by atoms with Crippen LogP contribution in [0.2, 0.25) is 0 Å². The number of nitrogens with zero attached hydrogens (tertiary/aromatic N) is 1. The molecule has 0 aliphatic rings. The number of benzene rings is 2. The van der Waals surface area contributed by atoms with Gasteiger partial charge in [0.25, 0.3) is 0 Å². The maximum absolute atomic E-state index is 13.0. The fraction of sp³-hybridized carbons (Fsp3) is 0.133. The van der Waals surface area contributed by atoms with Crippen molar-refractivity contribution in [3.05, 3.63) is 58.9 Å². The molecule has 0 atom stereocenters. The van der Waals surface area contributed by atoms with E-state index in [1.54, 1.807) is 31.2 Å². The zero-order chi connectivity index (χ0) is 13.1. The molecule has 90 valence electrons. The Morgan fingerprint density at radius 3 is 2.44 bits per heavy atom. The first-order valence-corrected chi connectivity index (χ1v) is 5.55. The van der Waals surface area contributed by atoms with Crippen LogP contribution in [0.4, 0.5) is 4.39 Å². The largest absolute Gasteiger partial charge is 0.457 e. The van der Waals surface area contributed by atoms with Crippen molar-refractivity contribution in [3.63, 3.8) is 0 Å². The Kier molecular flexibility index (Phi) is 3.29. The third-order valence-corrected chi connectivity index (χ3v) is 2.68. The summed E-state index contributed by atoms with van der Waals surface area (Å²) in [5.41, 5.74) is 2.21. The predicted molar refractivity (Wildman–Crippen MR) is 67.1 cm³/mol. The number of hydrogen-bond acceptors (Lipinski definition) is 2. The number of nitriles is 1. The summed E-state index contributed by atoms with van der Waals surface area (Å²) >= 11 is 0. The van der Waals surface area contributed by atoms with Crippen LogP contribution in [-0.4, -0.2) is 0 Å². The van der Waals surface area contributed by atoms with Crippen LogP contribution < -0.4 is 4.74 Å². The van der Waals surface area contributed by atoms with Crippen molar-refractivity contribution in [1.29, 1.82) is 5.26 Å². The number of halogens is 1. The van der Waals surface area contributed by atoms with Crippen molar-refractivity contribution >= 4 is 0 Å². The minimum atomic E-state index is -0.282. The van der Waals surface area contributed by atoms with Gasteiger partial charge in [0.1, 0.15) is 17.3 Å². The normalized spacial score (nSPS) is 9.89. The Morgan fingerprint density at radius 1 is 1.06 bits per heavy atom. The topological polar surface area (TPSA) is 33.0 Å². The van der Waals surface area contributed by atoms with Crippen molar-refractivity contribution in [2.24, 2.45) is 0 Å². The monoisotopic (exact) mass is 241 g/mol. The van der Waals surface area contributed by atoms with Gasteiger partial charge in [0, 0.05) is 0 Å². The molecule has 0 heterocycles. The molecule has 0 saturated carbocycles. The molecule has 0 bridgehead atoms. The van der Waals surface area contributed by atoms with Gasteiger partial charge in [-0.15, -0.1) is 0 Å². The van der Waals surface area contributed by atoms with Crippen LogP contribution in [-0.2, 0) is 0 Å². The van der Waals surface area contributed by atoms with Gasteiger partial charge in [-0.05, 0) is 61.4 Å².